The topological polar surface area (TPSA) is 58.4 Å². The molecule has 0 aromatic carbocycles. The molecular weight excluding hydrogens is 197 g/mol. The highest BCUT2D eigenvalue weighted by molar-refractivity contribution is 5.80. The van der Waals surface area contributed by atoms with Gasteiger partial charge in [0.15, 0.2) is 0 Å². The molecule has 2 saturated heterocycles. The van der Waals surface area contributed by atoms with Crippen molar-refractivity contribution in [3.05, 3.63) is 0 Å². The standard InChI is InChI=1S/C10H18FN3O/c11-7-5-9(10(12)15)14(6-7)8-1-3-13-4-2-8/h7-9,13H,1-6H2,(H2,12,15)/t7-,9-/m1/s1. The van der Waals surface area contributed by atoms with Crippen molar-refractivity contribution in [2.24, 2.45) is 5.73 Å². The first-order valence-corrected chi connectivity index (χ1v) is 5.58. The number of nitrogens with two attached hydrogens (primary N) is 1. The van der Waals surface area contributed by atoms with E-state index in [4.69, 9.17) is 5.73 Å². The fourth-order valence-electron chi connectivity index (χ4n) is 2.63. The van der Waals surface area contributed by atoms with Crippen LogP contribution in [-0.2, 0) is 4.79 Å². The molecule has 2 rings (SSSR count). The number of primary amides is 1. The Balaban J connectivity index is 2.02. The molecule has 3 N–H and O–H groups in total. The normalized spacial score (nSPS) is 34.5. The molecule has 86 valence electrons. The van der Waals surface area contributed by atoms with E-state index in [2.05, 4.69) is 5.32 Å². The number of carbonyl (C=O) groups is 1. The molecule has 2 atom stereocenters. The molecule has 1 amide bonds. The third-order valence-corrected chi connectivity index (χ3v) is 3.39. The quantitative estimate of drug-likeness (QED) is 0.661. The maximum absolute atomic E-state index is 13.3. The molecule has 2 heterocycles. The van der Waals surface area contributed by atoms with Crippen molar-refractivity contribution < 1.29 is 9.18 Å². The van der Waals surface area contributed by atoms with Crippen LogP contribution in [0.2, 0.25) is 0 Å². The number of alkyl halides is 1. The van der Waals surface area contributed by atoms with Crippen LogP contribution in [0.1, 0.15) is 19.3 Å². The van der Waals surface area contributed by atoms with Crippen molar-refractivity contribution in [1.29, 1.82) is 0 Å². The minimum absolute atomic E-state index is 0.277. The van der Waals surface area contributed by atoms with E-state index in [-0.39, 0.29) is 18.4 Å². The smallest absolute Gasteiger partial charge is 0.234 e. The van der Waals surface area contributed by atoms with E-state index in [1.165, 1.54) is 0 Å². The molecule has 15 heavy (non-hydrogen) atoms. The molecule has 0 aromatic heterocycles. The molecule has 0 spiro atoms. The van der Waals surface area contributed by atoms with E-state index in [1.807, 2.05) is 4.90 Å². The van der Waals surface area contributed by atoms with Gasteiger partial charge in [0.2, 0.25) is 5.91 Å². The average molecular weight is 215 g/mol. The van der Waals surface area contributed by atoms with E-state index < -0.39 is 6.17 Å². The van der Waals surface area contributed by atoms with Crippen LogP contribution in [0, 0.1) is 0 Å². The first kappa shape index (κ1) is 10.8. The second-order valence-corrected chi connectivity index (χ2v) is 4.43. The van der Waals surface area contributed by atoms with Gasteiger partial charge in [-0.3, -0.25) is 9.69 Å². The monoisotopic (exact) mass is 215 g/mol. The molecule has 2 fully saturated rings. The molecule has 4 nitrogen and oxygen atoms in total. The lowest BCUT2D eigenvalue weighted by molar-refractivity contribution is -0.123. The second-order valence-electron chi connectivity index (χ2n) is 4.43. The number of likely N-dealkylation sites (tertiary alicyclic amines) is 1. The molecule has 0 unspecified atom stereocenters. The third-order valence-electron chi connectivity index (χ3n) is 3.39. The maximum Gasteiger partial charge on any atom is 0.234 e. The van der Waals surface area contributed by atoms with Gasteiger partial charge in [0.05, 0.1) is 6.04 Å². The molecule has 0 bridgehead atoms. The summed E-state index contributed by atoms with van der Waals surface area (Å²) < 4.78 is 13.3. The number of rotatable bonds is 2. The average Bonchev–Trinajstić information content (AvgIpc) is 2.62. The number of amides is 1. The molecule has 0 aliphatic carbocycles. The second kappa shape index (κ2) is 4.45. The number of piperidine rings is 1. The number of hydrogen-bond donors (Lipinski definition) is 2. The zero-order valence-electron chi connectivity index (χ0n) is 8.79. The van der Waals surface area contributed by atoms with Crippen LogP contribution < -0.4 is 11.1 Å². The highest BCUT2D eigenvalue weighted by Crippen LogP contribution is 2.26. The van der Waals surface area contributed by atoms with Gasteiger partial charge < -0.3 is 11.1 Å². The van der Waals surface area contributed by atoms with Gasteiger partial charge in [-0.15, -0.1) is 0 Å². The third kappa shape index (κ3) is 2.29. The fourth-order valence-corrected chi connectivity index (χ4v) is 2.63. The Morgan fingerprint density at radius 2 is 2.07 bits per heavy atom. The lowest BCUT2D eigenvalue weighted by Gasteiger charge is -2.34. The Morgan fingerprint density at radius 3 is 2.67 bits per heavy atom. The zero-order valence-corrected chi connectivity index (χ0v) is 8.79. The minimum atomic E-state index is -0.891. The number of nitrogens with zero attached hydrogens (tertiary/aromatic N) is 1. The van der Waals surface area contributed by atoms with Crippen molar-refractivity contribution in [1.82, 2.24) is 10.2 Å². The fraction of sp³-hybridized carbons (Fsp3) is 0.900. The summed E-state index contributed by atoms with van der Waals surface area (Å²) in [7, 11) is 0. The summed E-state index contributed by atoms with van der Waals surface area (Å²) in [5.74, 6) is -0.381. The summed E-state index contributed by atoms with van der Waals surface area (Å²) in [6, 6.07) is -0.0624. The van der Waals surface area contributed by atoms with Crippen LogP contribution in [-0.4, -0.2) is 48.7 Å². The van der Waals surface area contributed by atoms with Gasteiger partial charge in [0.25, 0.3) is 0 Å². The number of nitrogens with one attached hydrogen (secondary N) is 1. The lowest BCUT2D eigenvalue weighted by Crippen LogP contribution is -2.49. The molecule has 5 heteroatoms. The van der Waals surface area contributed by atoms with Crippen LogP contribution in [0.3, 0.4) is 0 Å². The molecular formula is C10H18FN3O. The summed E-state index contributed by atoms with van der Waals surface area (Å²) in [4.78, 5) is 13.2. The number of carbonyl (C=O) groups excluding carboxylic acids is 1. The van der Waals surface area contributed by atoms with E-state index in [0.29, 0.717) is 12.6 Å². The van der Waals surface area contributed by atoms with Crippen LogP contribution in [0.5, 0.6) is 0 Å². The lowest BCUT2D eigenvalue weighted by atomic mass is 10.0. The predicted octanol–water partition coefficient (Wildman–Crippen LogP) is -0.364. The van der Waals surface area contributed by atoms with Gasteiger partial charge in [-0.05, 0) is 25.9 Å². The maximum atomic E-state index is 13.3. The van der Waals surface area contributed by atoms with Gasteiger partial charge >= 0.3 is 0 Å². The van der Waals surface area contributed by atoms with Crippen LogP contribution in [0.15, 0.2) is 0 Å². The summed E-state index contributed by atoms with van der Waals surface area (Å²) in [6.07, 6.45) is 1.35. The summed E-state index contributed by atoms with van der Waals surface area (Å²) in [5, 5.41) is 3.26. The van der Waals surface area contributed by atoms with E-state index >= 15 is 0 Å². The molecule has 2 aliphatic heterocycles. The number of halogens is 1. The molecule has 0 radical (unpaired) electrons. The van der Waals surface area contributed by atoms with Crippen molar-refractivity contribution in [3.63, 3.8) is 0 Å². The Kier molecular flexibility index (Phi) is 3.21. The highest BCUT2D eigenvalue weighted by atomic mass is 19.1. The van der Waals surface area contributed by atoms with Crippen LogP contribution in [0.4, 0.5) is 4.39 Å². The Labute approximate surface area is 89.0 Å². The predicted molar refractivity (Wildman–Crippen MR) is 55.1 cm³/mol. The van der Waals surface area contributed by atoms with Gasteiger partial charge in [-0.1, -0.05) is 0 Å². The van der Waals surface area contributed by atoms with Gasteiger partial charge in [0, 0.05) is 19.0 Å². The molecule has 0 aromatic rings. The van der Waals surface area contributed by atoms with E-state index in [1.54, 1.807) is 0 Å². The number of hydrogen-bond acceptors (Lipinski definition) is 3. The van der Waals surface area contributed by atoms with Crippen molar-refractivity contribution in [3.8, 4) is 0 Å². The van der Waals surface area contributed by atoms with Gasteiger partial charge in [0.1, 0.15) is 6.17 Å². The Morgan fingerprint density at radius 1 is 1.40 bits per heavy atom. The van der Waals surface area contributed by atoms with Crippen LogP contribution in [0.25, 0.3) is 0 Å². The largest absolute Gasteiger partial charge is 0.368 e. The van der Waals surface area contributed by atoms with Gasteiger partial charge in [-0.25, -0.2) is 4.39 Å². The van der Waals surface area contributed by atoms with Gasteiger partial charge in [-0.2, -0.15) is 0 Å². The van der Waals surface area contributed by atoms with Crippen molar-refractivity contribution >= 4 is 5.91 Å². The van der Waals surface area contributed by atoms with E-state index in [0.717, 1.165) is 25.9 Å². The minimum Gasteiger partial charge on any atom is -0.368 e. The summed E-state index contributed by atoms with van der Waals surface area (Å²) in [5.41, 5.74) is 5.29. The first-order chi connectivity index (χ1) is 7.18. The zero-order chi connectivity index (χ0) is 10.8. The van der Waals surface area contributed by atoms with Crippen LogP contribution >= 0.6 is 0 Å². The van der Waals surface area contributed by atoms with E-state index in [9.17, 15) is 9.18 Å². The first-order valence-electron chi connectivity index (χ1n) is 5.58. The Hall–Kier alpha value is -0.680. The highest BCUT2D eigenvalue weighted by Gasteiger charge is 2.39. The molecule has 2 aliphatic rings. The Bertz CT molecular complexity index is 243. The summed E-state index contributed by atoms with van der Waals surface area (Å²) in [6.45, 7) is 2.27. The summed E-state index contributed by atoms with van der Waals surface area (Å²) >= 11 is 0. The SMILES string of the molecule is NC(=O)[C@H]1C[C@@H](F)CN1C1CCNCC1. The van der Waals surface area contributed by atoms with Crippen molar-refractivity contribution in [2.45, 2.75) is 37.5 Å². The molecule has 0 saturated carbocycles. The van der Waals surface area contributed by atoms with Crippen molar-refractivity contribution in [2.75, 3.05) is 19.6 Å².